The van der Waals surface area contributed by atoms with Crippen molar-refractivity contribution >= 4 is 5.95 Å². The molecule has 6 heteroatoms. The van der Waals surface area contributed by atoms with Gasteiger partial charge in [-0.25, -0.2) is 4.98 Å². The molecule has 16 heavy (non-hydrogen) atoms. The van der Waals surface area contributed by atoms with E-state index in [1.165, 1.54) is 6.20 Å². The molecular formula is C10H12N4O2. The number of nitrogens with zero attached hydrogens (tertiary/aromatic N) is 2. The Morgan fingerprint density at radius 2 is 2.44 bits per heavy atom. The Morgan fingerprint density at radius 1 is 1.62 bits per heavy atom. The molecule has 84 valence electrons. The van der Waals surface area contributed by atoms with Gasteiger partial charge in [0.1, 0.15) is 5.76 Å². The number of aryl methyl sites for hydroxylation is 1. The lowest BCUT2D eigenvalue weighted by Gasteiger charge is -2.08. The molecule has 0 aliphatic rings. The van der Waals surface area contributed by atoms with E-state index >= 15 is 0 Å². The fourth-order valence-electron chi connectivity index (χ4n) is 1.27. The average Bonchev–Trinajstić information content (AvgIpc) is 2.78. The van der Waals surface area contributed by atoms with Gasteiger partial charge in [-0.15, -0.1) is 0 Å². The van der Waals surface area contributed by atoms with Gasteiger partial charge in [-0.05, 0) is 19.1 Å². The van der Waals surface area contributed by atoms with Crippen LogP contribution in [0.15, 0.2) is 33.8 Å². The second-order valence-electron chi connectivity index (χ2n) is 3.37. The summed E-state index contributed by atoms with van der Waals surface area (Å²) in [7, 11) is 0. The average molecular weight is 220 g/mol. The van der Waals surface area contributed by atoms with Crippen molar-refractivity contribution < 1.29 is 4.42 Å². The summed E-state index contributed by atoms with van der Waals surface area (Å²) in [6.07, 6.45) is 3.06. The minimum atomic E-state index is -0.267. The lowest BCUT2D eigenvalue weighted by Crippen LogP contribution is -2.32. The third-order valence-electron chi connectivity index (χ3n) is 2.17. The number of aromatic nitrogens is 2. The predicted molar refractivity (Wildman–Crippen MR) is 59.4 cm³/mol. The molecule has 0 aromatic carbocycles. The Kier molecular flexibility index (Phi) is 2.63. The number of nitrogen functional groups attached to an aromatic ring is 1. The summed E-state index contributed by atoms with van der Waals surface area (Å²) in [5, 5.41) is 2.92. The molecule has 2 heterocycles. The smallest absolute Gasteiger partial charge is 0.276 e. The maximum Gasteiger partial charge on any atom is 0.276 e. The van der Waals surface area contributed by atoms with Gasteiger partial charge < -0.3 is 15.6 Å². The van der Waals surface area contributed by atoms with Crippen molar-refractivity contribution in [3.05, 3.63) is 46.3 Å². The van der Waals surface area contributed by atoms with Crippen LogP contribution >= 0.6 is 0 Å². The highest BCUT2D eigenvalue weighted by Gasteiger charge is 2.04. The summed E-state index contributed by atoms with van der Waals surface area (Å²) in [5.74, 6) is 6.63. The van der Waals surface area contributed by atoms with Gasteiger partial charge in [0.2, 0.25) is 5.95 Å². The maximum atomic E-state index is 11.5. The highest BCUT2D eigenvalue weighted by molar-refractivity contribution is 5.27. The molecule has 0 fully saturated rings. The fourth-order valence-corrected chi connectivity index (χ4v) is 1.27. The highest BCUT2D eigenvalue weighted by Crippen LogP contribution is 2.03. The quantitative estimate of drug-likeness (QED) is 0.734. The van der Waals surface area contributed by atoms with E-state index in [0.717, 1.165) is 10.4 Å². The maximum absolute atomic E-state index is 11.5. The number of nitrogens with two attached hydrogens (primary N) is 1. The van der Waals surface area contributed by atoms with Gasteiger partial charge in [-0.1, -0.05) is 0 Å². The van der Waals surface area contributed by atoms with E-state index < -0.39 is 0 Å². The molecule has 0 saturated heterocycles. The van der Waals surface area contributed by atoms with Crippen LogP contribution in [-0.4, -0.2) is 9.66 Å². The number of hydrogen-bond donors (Lipinski definition) is 2. The molecule has 2 aromatic heterocycles. The monoisotopic (exact) mass is 220 g/mol. The molecular weight excluding hydrogens is 208 g/mol. The van der Waals surface area contributed by atoms with Crippen LogP contribution in [-0.2, 0) is 6.54 Å². The molecule has 0 unspecified atom stereocenters. The van der Waals surface area contributed by atoms with Crippen LogP contribution in [0.1, 0.15) is 11.3 Å². The molecule has 0 aliphatic heterocycles. The Morgan fingerprint density at radius 3 is 3.12 bits per heavy atom. The Hall–Kier alpha value is -2.24. The molecule has 3 N–H and O–H groups in total. The summed E-state index contributed by atoms with van der Waals surface area (Å²) in [4.78, 5) is 15.5. The van der Waals surface area contributed by atoms with Crippen LogP contribution in [0.3, 0.4) is 0 Å². The molecule has 0 amide bonds. The van der Waals surface area contributed by atoms with Crippen LogP contribution in [0.2, 0.25) is 0 Å². The Labute approximate surface area is 91.7 Å². The van der Waals surface area contributed by atoms with Gasteiger partial charge in [0.15, 0.2) is 0 Å². The second kappa shape index (κ2) is 4.09. The van der Waals surface area contributed by atoms with Crippen molar-refractivity contribution in [2.75, 3.05) is 11.2 Å². The first-order valence-corrected chi connectivity index (χ1v) is 4.78. The van der Waals surface area contributed by atoms with Crippen LogP contribution in [0.4, 0.5) is 5.95 Å². The summed E-state index contributed by atoms with van der Waals surface area (Å²) in [6, 6.07) is 3.61. The standard InChI is InChI=1S/C10H12N4O2/c1-7-5-12-10(14(11)9(7)15)13-6-8-3-2-4-16-8/h2-5H,6,11H2,1H3,(H,12,13). The third-order valence-corrected chi connectivity index (χ3v) is 2.17. The van der Waals surface area contributed by atoms with Crippen molar-refractivity contribution in [2.45, 2.75) is 13.5 Å². The normalized spacial score (nSPS) is 10.3. The van der Waals surface area contributed by atoms with Gasteiger partial charge in [-0.3, -0.25) is 4.79 Å². The molecule has 0 atom stereocenters. The first kappa shape index (κ1) is 10.3. The summed E-state index contributed by atoms with van der Waals surface area (Å²) in [5.41, 5.74) is 0.239. The van der Waals surface area contributed by atoms with Crippen LogP contribution < -0.4 is 16.7 Å². The molecule has 2 rings (SSSR count). The number of hydrogen-bond acceptors (Lipinski definition) is 5. The zero-order valence-electron chi connectivity index (χ0n) is 8.80. The zero-order chi connectivity index (χ0) is 11.5. The van der Waals surface area contributed by atoms with Gasteiger partial charge in [0.05, 0.1) is 12.8 Å². The topological polar surface area (TPSA) is 86.1 Å². The van der Waals surface area contributed by atoms with Crippen molar-refractivity contribution in [3.8, 4) is 0 Å². The molecule has 0 saturated carbocycles. The Balaban J connectivity index is 2.16. The van der Waals surface area contributed by atoms with E-state index in [-0.39, 0.29) is 5.56 Å². The number of rotatable bonds is 3. The first-order valence-electron chi connectivity index (χ1n) is 4.78. The zero-order valence-corrected chi connectivity index (χ0v) is 8.80. The molecule has 0 aliphatic carbocycles. The van der Waals surface area contributed by atoms with E-state index in [9.17, 15) is 4.79 Å². The summed E-state index contributed by atoms with van der Waals surface area (Å²) < 4.78 is 6.11. The number of furan rings is 1. The molecule has 2 aromatic rings. The minimum absolute atomic E-state index is 0.267. The van der Waals surface area contributed by atoms with Crippen LogP contribution in [0.5, 0.6) is 0 Å². The summed E-state index contributed by atoms with van der Waals surface area (Å²) in [6.45, 7) is 2.09. The van der Waals surface area contributed by atoms with Crippen molar-refractivity contribution in [1.82, 2.24) is 9.66 Å². The van der Waals surface area contributed by atoms with Crippen molar-refractivity contribution in [1.29, 1.82) is 0 Å². The lowest BCUT2D eigenvalue weighted by molar-refractivity contribution is 0.517. The SMILES string of the molecule is Cc1cnc(NCc2ccco2)n(N)c1=O. The van der Waals surface area contributed by atoms with Gasteiger partial charge in [0, 0.05) is 11.8 Å². The molecule has 0 bridgehead atoms. The van der Waals surface area contributed by atoms with Crippen molar-refractivity contribution in [3.63, 3.8) is 0 Å². The second-order valence-corrected chi connectivity index (χ2v) is 3.37. The van der Waals surface area contributed by atoms with Gasteiger partial charge in [0.25, 0.3) is 5.56 Å². The van der Waals surface area contributed by atoms with E-state index in [4.69, 9.17) is 10.3 Å². The Bertz CT molecular complexity index is 530. The molecule has 0 spiro atoms. The number of anilines is 1. The van der Waals surface area contributed by atoms with Gasteiger partial charge in [-0.2, -0.15) is 4.68 Å². The largest absolute Gasteiger partial charge is 0.467 e. The lowest BCUT2D eigenvalue weighted by atomic mass is 10.4. The predicted octanol–water partition coefficient (Wildman–Crippen LogP) is 0.471. The van der Waals surface area contributed by atoms with E-state index in [2.05, 4.69) is 10.3 Å². The van der Waals surface area contributed by atoms with E-state index in [1.807, 2.05) is 6.07 Å². The molecule has 0 radical (unpaired) electrons. The van der Waals surface area contributed by atoms with Crippen LogP contribution in [0.25, 0.3) is 0 Å². The van der Waals surface area contributed by atoms with Crippen LogP contribution in [0, 0.1) is 6.92 Å². The highest BCUT2D eigenvalue weighted by atomic mass is 16.3. The third kappa shape index (κ3) is 1.90. The molecule has 6 nitrogen and oxygen atoms in total. The van der Waals surface area contributed by atoms with E-state index in [0.29, 0.717) is 18.1 Å². The van der Waals surface area contributed by atoms with Crippen molar-refractivity contribution in [2.24, 2.45) is 0 Å². The van der Waals surface area contributed by atoms with Gasteiger partial charge >= 0.3 is 0 Å². The first-order chi connectivity index (χ1) is 7.68. The minimum Gasteiger partial charge on any atom is -0.467 e. The number of nitrogens with one attached hydrogen (secondary N) is 1. The summed E-state index contributed by atoms with van der Waals surface area (Å²) >= 11 is 0. The van der Waals surface area contributed by atoms with E-state index in [1.54, 1.807) is 19.3 Å². The fraction of sp³-hybridized carbons (Fsp3) is 0.200.